The third kappa shape index (κ3) is 0.586. The molecule has 0 atom stereocenters. The average Bonchev–Trinajstić information content (AvgIpc) is 2.27. The second kappa shape index (κ2) is 1.34. The molecule has 0 N–H and O–H groups in total. The van der Waals surface area contributed by atoms with Crippen molar-refractivity contribution in [2.75, 3.05) is 19.6 Å². The third-order valence-electron chi connectivity index (χ3n) is 3.29. The molecule has 2 heterocycles. The summed E-state index contributed by atoms with van der Waals surface area (Å²) in [5.74, 6) is 0. The molecule has 1 nitrogen and oxygen atoms in total. The minimum atomic E-state index is 0.663. The van der Waals surface area contributed by atoms with E-state index in [2.05, 4.69) is 13.8 Å². The molecule has 2 aliphatic heterocycles. The van der Waals surface area contributed by atoms with Crippen molar-refractivity contribution in [3.8, 4) is 0 Å². The fourth-order valence-electron chi connectivity index (χ4n) is 2.41. The summed E-state index contributed by atoms with van der Waals surface area (Å²) in [5.41, 5.74) is 0.663. The molecule has 2 fully saturated rings. The lowest BCUT2D eigenvalue weighted by Gasteiger charge is -2.14. The van der Waals surface area contributed by atoms with Crippen molar-refractivity contribution in [3.63, 3.8) is 0 Å². The van der Waals surface area contributed by atoms with Crippen molar-refractivity contribution in [3.05, 3.63) is 0 Å². The Labute approximate surface area is 57.3 Å². The first-order valence-electron chi connectivity index (χ1n) is 4.03. The first-order valence-corrected chi connectivity index (χ1v) is 4.03. The molecule has 9 heavy (non-hydrogen) atoms. The van der Waals surface area contributed by atoms with Crippen LogP contribution in [0.5, 0.6) is 0 Å². The Bertz CT molecular complexity index is 126. The van der Waals surface area contributed by atoms with E-state index in [1.165, 1.54) is 37.0 Å². The quantitative estimate of drug-likeness (QED) is 0.340. The van der Waals surface area contributed by atoms with Gasteiger partial charge in [-0.2, -0.15) is 0 Å². The van der Waals surface area contributed by atoms with Gasteiger partial charge in [-0.3, -0.25) is 0 Å². The van der Waals surface area contributed by atoms with E-state index in [9.17, 15) is 0 Å². The molecule has 0 aromatic heterocycles. The Hall–Kier alpha value is -0.0400. The Morgan fingerprint density at radius 2 is 1.56 bits per heavy atom. The summed E-state index contributed by atoms with van der Waals surface area (Å²) < 4.78 is 1.45. The standard InChI is InChI=1S/C8H16N/c1-8(2)7-9(8)5-3-4-6-9/h3-7H2,1-2H3/q+1. The van der Waals surface area contributed by atoms with Crippen LogP contribution in [0.25, 0.3) is 0 Å². The molecular formula is C8H16N+. The Balaban J connectivity index is 2.13. The predicted molar refractivity (Wildman–Crippen MR) is 38.2 cm³/mol. The van der Waals surface area contributed by atoms with E-state index in [1.54, 1.807) is 0 Å². The zero-order chi connectivity index (χ0) is 6.54. The highest BCUT2D eigenvalue weighted by Crippen LogP contribution is 2.45. The lowest BCUT2D eigenvalue weighted by molar-refractivity contribution is -0.813. The molecule has 2 saturated heterocycles. The summed E-state index contributed by atoms with van der Waals surface area (Å²) in [6.07, 6.45) is 2.95. The van der Waals surface area contributed by atoms with Crippen molar-refractivity contribution in [1.82, 2.24) is 0 Å². The molecule has 0 unspecified atom stereocenters. The molecule has 0 radical (unpaired) electrons. The van der Waals surface area contributed by atoms with Crippen LogP contribution in [0.1, 0.15) is 26.7 Å². The molecule has 0 aliphatic carbocycles. The SMILES string of the molecule is CC1(C)C[N+]12CCCC2. The zero-order valence-electron chi connectivity index (χ0n) is 6.48. The fourth-order valence-corrected chi connectivity index (χ4v) is 2.41. The van der Waals surface area contributed by atoms with Gasteiger partial charge in [0, 0.05) is 12.8 Å². The van der Waals surface area contributed by atoms with Gasteiger partial charge >= 0.3 is 0 Å². The number of hydrogen-bond acceptors (Lipinski definition) is 0. The van der Waals surface area contributed by atoms with E-state index in [4.69, 9.17) is 0 Å². The molecule has 0 saturated carbocycles. The molecule has 2 rings (SSSR count). The van der Waals surface area contributed by atoms with Crippen molar-refractivity contribution >= 4 is 0 Å². The van der Waals surface area contributed by atoms with Crippen LogP contribution in [0.3, 0.4) is 0 Å². The summed E-state index contributed by atoms with van der Waals surface area (Å²) >= 11 is 0. The van der Waals surface area contributed by atoms with Crippen molar-refractivity contribution in [2.24, 2.45) is 0 Å². The third-order valence-corrected chi connectivity index (χ3v) is 3.29. The second-order valence-corrected chi connectivity index (χ2v) is 4.27. The molecule has 1 spiro atoms. The summed E-state index contributed by atoms with van der Waals surface area (Å²) in [4.78, 5) is 0. The van der Waals surface area contributed by atoms with Gasteiger partial charge in [0.1, 0.15) is 12.1 Å². The van der Waals surface area contributed by atoms with Crippen LogP contribution in [-0.4, -0.2) is 29.7 Å². The average molecular weight is 126 g/mol. The van der Waals surface area contributed by atoms with E-state index in [0.717, 1.165) is 0 Å². The highest BCUT2D eigenvalue weighted by atomic mass is 15.5. The number of rotatable bonds is 0. The fraction of sp³-hybridized carbons (Fsp3) is 1.00. The maximum absolute atomic E-state index is 2.40. The van der Waals surface area contributed by atoms with E-state index >= 15 is 0 Å². The summed E-state index contributed by atoms with van der Waals surface area (Å²) in [6.45, 7) is 9.18. The first kappa shape index (κ1) is 5.72. The maximum atomic E-state index is 2.40. The van der Waals surface area contributed by atoms with Gasteiger partial charge in [0.2, 0.25) is 0 Å². The van der Waals surface area contributed by atoms with Gasteiger partial charge in [-0.1, -0.05) is 0 Å². The van der Waals surface area contributed by atoms with Crippen LogP contribution in [0.4, 0.5) is 0 Å². The largest absolute Gasteiger partial charge is 0.309 e. The monoisotopic (exact) mass is 126 g/mol. The van der Waals surface area contributed by atoms with Gasteiger partial charge in [0.25, 0.3) is 0 Å². The Kier molecular flexibility index (Phi) is 0.852. The predicted octanol–water partition coefficient (Wildman–Crippen LogP) is 1.39. The van der Waals surface area contributed by atoms with Gasteiger partial charge < -0.3 is 4.48 Å². The first-order chi connectivity index (χ1) is 4.16. The van der Waals surface area contributed by atoms with E-state index in [0.29, 0.717) is 5.54 Å². The maximum Gasteiger partial charge on any atom is 0.143 e. The summed E-state index contributed by atoms with van der Waals surface area (Å²) in [6, 6.07) is 0. The van der Waals surface area contributed by atoms with Gasteiger partial charge in [0.15, 0.2) is 0 Å². The van der Waals surface area contributed by atoms with Crippen LogP contribution in [0, 0.1) is 0 Å². The number of hydrogen-bond donors (Lipinski definition) is 0. The topological polar surface area (TPSA) is 0 Å². The molecule has 2 aliphatic rings. The molecule has 0 amide bonds. The van der Waals surface area contributed by atoms with Crippen molar-refractivity contribution < 1.29 is 4.48 Å². The van der Waals surface area contributed by atoms with Gasteiger partial charge in [-0.15, -0.1) is 0 Å². The molecule has 0 bridgehead atoms. The van der Waals surface area contributed by atoms with Crippen LogP contribution in [-0.2, 0) is 0 Å². The number of quaternary nitrogens is 1. The van der Waals surface area contributed by atoms with Crippen LogP contribution < -0.4 is 0 Å². The molecular weight excluding hydrogens is 110 g/mol. The van der Waals surface area contributed by atoms with E-state index < -0.39 is 0 Å². The lowest BCUT2D eigenvalue weighted by atomic mass is 10.2. The molecule has 52 valence electrons. The summed E-state index contributed by atoms with van der Waals surface area (Å²) in [5, 5.41) is 0. The zero-order valence-corrected chi connectivity index (χ0v) is 6.48. The summed E-state index contributed by atoms with van der Waals surface area (Å²) in [7, 11) is 0. The van der Waals surface area contributed by atoms with Crippen molar-refractivity contribution in [1.29, 1.82) is 0 Å². The van der Waals surface area contributed by atoms with Crippen LogP contribution in [0.15, 0.2) is 0 Å². The van der Waals surface area contributed by atoms with Crippen LogP contribution in [0.2, 0.25) is 0 Å². The number of nitrogens with zero attached hydrogens (tertiary/aromatic N) is 1. The van der Waals surface area contributed by atoms with E-state index in [1.807, 2.05) is 0 Å². The van der Waals surface area contributed by atoms with Gasteiger partial charge in [0.05, 0.1) is 13.1 Å². The van der Waals surface area contributed by atoms with Gasteiger partial charge in [-0.25, -0.2) is 0 Å². The van der Waals surface area contributed by atoms with Crippen LogP contribution >= 0.6 is 0 Å². The highest BCUT2D eigenvalue weighted by molar-refractivity contribution is 4.87. The minimum Gasteiger partial charge on any atom is -0.309 e. The van der Waals surface area contributed by atoms with Gasteiger partial charge in [-0.05, 0) is 13.8 Å². The lowest BCUT2D eigenvalue weighted by Crippen LogP contribution is -2.28. The normalized spacial score (nSPS) is 35.3. The molecule has 1 heteroatoms. The highest BCUT2D eigenvalue weighted by Gasteiger charge is 2.63. The minimum absolute atomic E-state index is 0.663. The molecule has 0 aromatic rings. The van der Waals surface area contributed by atoms with Crippen molar-refractivity contribution in [2.45, 2.75) is 32.2 Å². The second-order valence-electron chi connectivity index (χ2n) is 4.27. The Morgan fingerprint density at radius 1 is 1.11 bits per heavy atom. The smallest absolute Gasteiger partial charge is 0.143 e. The molecule has 0 aromatic carbocycles. The Morgan fingerprint density at radius 3 is 1.78 bits per heavy atom. The van der Waals surface area contributed by atoms with E-state index in [-0.39, 0.29) is 0 Å².